The molecule has 2 heterocycles. The first-order valence-corrected chi connectivity index (χ1v) is 5.75. The van der Waals surface area contributed by atoms with E-state index in [0.717, 1.165) is 19.4 Å². The Balaban J connectivity index is 0.000000140. The predicted octanol–water partition coefficient (Wildman–Crippen LogP) is 1.39. The molecule has 2 aliphatic rings. The maximum absolute atomic E-state index is 10.5. The molecule has 1 amide bonds. The van der Waals surface area contributed by atoms with Gasteiger partial charge in [0.25, 0.3) is 0 Å². The fourth-order valence-electron chi connectivity index (χ4n) is 1.76. The molecular weight excluding hydrogens is 176 g/mol. The van der Waals surface area contributed by atoms with Crippen LogP contribution in [0.4, 0.5) is 0 Å². The minimum atomic E-state index is 0.292. The van der Waals surface area contributed by atoms with Gasteiger partial charge in [0.2, 0.25) is 5.91 Å². The molecule has 0 aromatic heterocycles. The van der Waals surface area contributed by atoms with Crippen LogP contribution in [0.3, 0.4) is 0 Å². The Morgan fingerprint density at radius 3 is 2.07 bits per heavy atom. The molecule has 3 nitrogen and oxygen atoms in total. The molecule has 0 saturated carbocycles. The summed E-state index contributed by atoms with van der Waals surface area (Å²) in [5, 5.41) is 3.35. The number of nitrogens with zero attached hydrogens (tertiary/aromatic N) is 1. The van der Waals surface area contributed by atoms with E-state index in [0.29, 0.717) is 5.91 Å². The number of likely N-dealkylation sites (tertiary alicyclic amines) is 1. The largest absolute Gasteiger partial charge is 0.346 e. The van der Waals surface area contributed by atoms with Gasteiger partial charge >= 0.3 is 0 Å². The standard InChI is InChI=1S/C6H13N.C5H9NO/c1-2-4-6-7-5-3-1;1-6-4-2-3-5(6)7/h7H,1-6H2;2-4H2,1H3. The number of nitrogens with one attached hydrogen (secondary N) is 1. The first-order valence-electron chi connectivity index (χ1n) is 5.75. The van der Waals surface area contributed by atoms with Crippen molar-refractivity contribution in [3.8, 4) is 0 Å². The van der Waals surface area contributed by atoms with Gasteiger partial charge in [0, 0.05) is 20.0 Å². The van der Waals surface area contributed by atoms with Crippen LogP contribution < -0.4 is 5.32 Å². The molecule has 0 spiro atoms. The molecule has 2 saturated heterocycles. The minimum Gasteiger partial charge on any atom is -0.346 e. The molecule has 0 bridgehead atoms. The van der Waals surface area contributed by atoms with Crippen LogP contribution in [0.2, 0.25) is 0 Å². The lowest BCUT2D eigenvalue weighted by atomic mass is 10.2. The second-order valence-corrected chi connectivity index (χ2v) is 4.08. The van der Waals surface area contributed by atoms with Crippen LogP contribution in [0.5, 0.6) is 0 Å². The number of carbonyl (C=O) groups is 1. The van der Waals surface area contributed by atoms with E-state index in [9.17, 15) is 4.79 Å². The number of hydrogen-bond acceptors (Lipinski definition) is 2. The van der Waals surface area contributed by atoms with Crippen LogP contribution in [0.1, 0.15) is 38.5 Å². The van der Waals surface area contributed by atoms with Crippen molar-refractivity contribution in [2.24, 2.45) is 0 Å². The van der Waals surface area contributed by atoms with Crippen molar-refractivity contribution in [3.63, 3.8) is 0 Å². The maximum atomic E-state index is 10.5. The molecule has 0 aromatic rings. The average molecular weight is 198 g/mol. The topological polar surface area (TPSA) is 32.3 Å². The van der Waals surface area contributed by atoms with Gasteiger partial charge in [-0.05, 0) is 32.4 Å². The second kappa shape index (κ2) is 6.82. The monoisotopic (exact) mass is 198 g/mol. The van der Waals surface area contributed by atoms with Crippen LogP contribution in [-0.4, -0.2) is 37.5 Å². The van der Waals surface area contributed by atoms with Gasteiger partial charge in [-0.2, -0.15) is 0 Å². The van der Waals surface area contributed by atoms with E-state index >= 15 is 0 Å². The Hall–Kier alpha value is -0.570. The number of rotatable bonds is 0. The van der Waals surface area contributed by atoms with E-state index in [4.69, 9.17) is 0 Å². The van der Waals surface area contributed by atoms with Crippen molar-refractivity contribution in [1.82, 2.24) is 10.2 Å². The van der Waals surface area contributed by atoms with Crippen molar-refractivity contribution in [1.29, 1.82) is 0 Å². The van der Waals surface area contributed by atoms with Gasteiger partial charge in [-0.25, -0.2) is 0 Å². The zero-order valence-electron chi connectivity index (χ0n) is 9.22. The highest BCUT2D eigenvalue weighted by Crippen LogP contribution is 2.04. The van der Waals surface area contributed by atoms with Crippen LogP contribution in [0.25, 0.3) is 0 Å². The van der Waals surface area contributed by atoms with Gasteiger partial charge in [-0.3, -0.25) is 4.79 Å². The third-order valence-electron chi connectivity index (χ3n) is 2.77. The molecule has 3 heteroatoms. The fourth-order valence-corrected chi connectivity index (χ4v) is 1.76. The first-order chi connectivity index (χ1) is 6.80. The van der Waals surface area contributed by atoms with Crippen molar-refractivity contribution < 1.29 is 4.79 Å². The van der Waals surface area contributed by atoms with E-state index in [-0.39, 0.29) is 0 Å². The van der Waals surface area contributed by atoms with E-state index in [1.165, 1.54) is 38.8 Å². The highest BCUT2D eigenvalue weighted by molar-refractivity contribution is 5.77. The van der Waals surface area contributed by atoms with E-state index in [2.05, 4.69) is 5.32 Å². The summed E-state index contributed by atoms with van der Waals surface area (Å²) in [5.41, 5.74) is 0. The predicted molar refractivity (Wildman–Crippen MR) is 58.2 cm³/mol. The summed E-state index contributed by atoms with van der Waals surface area (Å²) in [6, 6.07) is 0. The zero-order chi connectivity index (χ0) is 10.2. The summed E-state index contributed by atoms with van der Waals surface area (Å²) < 4.78 is 0. The normalized spacial score (nSPS) is 22.6. The first kappa shape index (κ1) is 11.5. The lowest BCUT2D eigenvalue weighted by Crippen LogP contribution is -2.17. The van der Waals surface area contributed by atoms with Crippen LogP contribution in [-0.2, 0) is 4.79 Å². The highest BCUT2D eigenvalue weighted by Gasteiger charge is 2.14. The third-order valence-corrected chi connectivity index (χ3v) is 2.77. The van der Waals surface area contributed by atoms with E-state index in [1.807, 2.05) is 7.05 Å². The average Bonchev–Trinajstić information content (AvgIpc) is 2.51. The van der Waals surface area contributed by atoms with Crippen LogP contribution in [0.15, 0.2) is 0 Å². The van der Waals surface area contributed by atoms with Gasteiger partial charge in [0.1, 0.15) is 0 Å². The van der Waals surface area contributed by atoms with E-state index in [1.54, 1.807) is 4.90 Å². The number of hydrogen-bond donors (Lipinski definition) is 1. The molecule has 0 aromatic carbocycles. The molecule has 0 atom stereocenters. The van der Waals surface area contributed by atoms with Gasteiger partial charge in [0.15, 0.2) is 0 Å². The van der Waals surface area contributed by atoms with Gasteiger partial charge in [0.05, 0.1) is 0 Å². The summed E-state index contributed by atoms with van der Waals surface area (Å²) in [4.78, 5) is 12.3. The molecule has 82 valence electrons. The molecule has 2 rings (SSSR count). The molecule has 14 heavy (non-hydrogen) atoms. The molecule has 0 aliphatic carbocycles. The number of carbonyl (C=O) groups excluding carboxylic acids is 1. The lowest BCUT2D eigenvalue weighted by Gasteiger charge is -2.03. The summed E-state index contributed by atoms with van der Waals surface area (Å²) >= 11 is 0. The molecule has 2 fully saturated rings. The summed E-state index contributed by atoms with van der Waals surface area (Å²) in [6.45, 7) is 3.46. The maximum Gasteiger partial charge on any atom is 0.222 e. The van der Waals surface area contributed by atoms with Crippen molar-refractivity contribution in [2.45, 2.75) is 38.5 Å². The quantitative estimate of drug-likeness (QED) is 0.638. The Morgan fingerprint density at radius 2 is 1.71 bits per heavy atom. The Labute approximate surface area is 86.9 Å². The molecule has 2 aliphatic heterocycles. The van der Waals surface area contributed by atoms with Crippen molar-refractivity contribution >= 4 is 5.91 Å². The second-order valence-electron chi connectivity index (χ2n) is 4.08. The molecule has 1 N–H and O–H groups in total. The minimum absolute atomic E-state index is 0.292. The van der Waals surface area contributed by atoms with Gasteiger partial charge in [-0.1, -0.05) is 12.8 Å². The van der Waals surface area contributed by atoms with Gasteiger partial charge < -0.3 is 10.2 Å². The lowest BCUT2D eigenvalue weighted by molar-refractivity contribution is -0.126. The third kappa shape index (κ3) is 4.61. The smallest absolute Gasteiger partial charge is 0.222 e. The molecular formula is C11H22N2O. The van der Waals surface area contributed by atoms with Crippen molar-refractivity contribution in [3.05, 3.63) is 0 Å². The summed E-state index contributed by atoms with van der Waals surface area (Å²) in [6.07, 6.45) is 7.46. The Morgan fingerprint density at radius 1 is 1.07 bits per heavy atom. The zero-order valence-corrected chi connectivity index (χ0v) is 9.22. The fraction of sp³-hybridized carbons (Fsp3) is 0.909. The summed E-state index contributed by atoms with van der Waals surface area (Å²) in [5.74, 6) is 0.292. The van der Waals surface area contributed by atoms with Crippen LogP contribution >= 0.6 is 0 Å². The highest BCUT2D eigenvalue weighted by atomic mass is 16.2. The number of amides is 1. The Kier molecular flexibility index (Phi) is 5.60. The molecule has 0 unspecified atom stereocenters. The van der Waals surface area contributed by atoms with E-state index < -0.39 is 0 Å². The van der Waals surface area contributed by atoms with Crippen LogP contribution in [0, 0.1) is 0 Å². The Bertz CT molecular complexity index is 151. The summed E-state index contributed by atoms with van der Waals surface area (Å²) in [7, 11) is 1.84. The van der Waals surface area contributed by atoms with Crippen molar-refractivity contribution in [2.75, 3.05) is 26.7 Å². The molecule has 0 radical (unpaired) electrons. The van der Waals surface area contributed by atoms with Gasteiger partial charge in [-0.15, -0.1) is 0 Å². The SMILES string of the molecule is C1CCCNCC1.CN1CCCC1=O.